The predicted molar refractivity (Wildman–Crippen MR) is 107 cm³/mol. The topological polar surface area (TPSA) is 46.9 Å². The zero-order valence-corrected chi connectivity index (χ0v) is 15.8. The molecule has 0 fully saturated rings. The molecule has 0 saturated heterocycles. The lowest BCUT2D eigenvalue weighted by atomic mass is 10.0. The number of aryl methyl sites for hydroxylation is 1. The second kappa shape index (κ2) is 7.83. The Bertz CT molecular complexity index is 1170. The van der Waals surface area contributed by atoms with Crippen LogP contribution >= 0.6 is 0 Å². The van der Waals surface area contributed by atoms with E-state index in [2.05, 4.69) is 10.3 Å². The second-order valence-electron chi connectivity index (χ2n) is 6.84. The lowest BCUT2D eigenvalue weighted by Crippen LogP contribution is -2.31. The van der Waals surface area contributed by atoms with E-state index in [1.807, 2.05) is 66.2 Å². The summed E-state index contributed by atoms with van der Waals surface area (Å²) in [6.45, 7) is 0. The van der Waals surface area contributed by atoms with Crippen LogP contribution in [0, 0.1) is 11.6 Å². The highest BCUT2D eigenvalue weighted by molar-refractivity contribution is 5.94. The molecule has 1 amide bonds. The van der Waals surface area contributed by atoms with Crippen LogP contribution in [-0.4, -0.2) is 15.5 Å². The fraction of sp³-hybridized carbons (Fsp3) is 0.130. The van der Waals surface area contributed by atoms with Gasteiger partial charge in [-0.2, -0.15) is 0 Å². The number of rotatable bonds is 5. The molecule has 4 aromatic rings. The predicted octanol–water partition coefficient (Wildman–Crippen LogP) is 4.57. The van der Waals surface area contributed by atoms with Gasteiger partial charge in [-0.25, -0.2) is 13.8 Å². The molecule has 1 heterocycles. The van der Waals surface area contributed by atoms with Crippen LogP contribution in [0.15, 0.2) is 72.8 Å². The molecule has 1 atom stereocenters. The van der Waals surface area contributed by atoms with Crippen LogP contribution in [0.1, 0.15) is 27.8 Å². The van der Waals surface area contributed by atoms with Crippen molar-refractivity contribution in [1.29, 1.82) is 0 Å². The zero-order chi connectivity index (χ0) is 20.4. The molecule has 3 aromatic carbocycles. The molecule has 29 heavy (non-hydrogen) atoms. The number of carbonyl (C=O) groups excluding carboxylic acids is 1. The number of hydrogen-bond donors (Lipinski definition) is 1. The number of amides is 1. The minimum atomic E-state index is -0.892. The van der Waals surface area contributed by atoms with Crippen molar-refractivity contribution in [2.24, 2.45) is 7.05 Å². The van der Waals surface area contributed by atoms with E-state index in [0.717, 1.165) is 34.6 Å². The number of nitrogens with zero attached hydrogens (tertiary/aromatic N) is 2. The van der Waals surface area contributed by atoms with Gasteiger partial charge in [0.2, 0.25) is 0 Å². The third kappa shape index (κ3) is 3.87. The molecule has 4 nitrogen and oxygen atoms in total. The fourth-order valence-corrected chi connectivity index (χ4v) is 3.41. The summed E-state index contributed by atoms with van der Waals surface area (Å²) in [4.78, 5) is 17.4. The van der Waals surface area contributed by atoms with E-state index in [1.165, 1.54) is 0 Å². The Balaban J connectivity index is 1.66. The van der Waals surface area contributed by atoms with Crippen molar-refractivity contribution in [2.45, 2.75) is 12.5 Å². The highest BCUT2D eigenvalue weighted by atomic mass is 19.1. The summed E-state index contributed by atoms with van der Waals surface area (Å²) in [6, 6.07) is 19.7. The molecule has 1 unspecified atom stereocenters. The Labute approximate surface area is 166 Å². The van der Waals surface area contributed by atoms with E-state index in [1.54, 1.807) is 0 Å². The van der Waals surface area contributed by atoms with Crippen molar-refractivity contribution in [2.75, 3.05) is 0 Å². The number of para-hydroxylation sites is 2. The fourth-order valence-electron chi connectivity index (χ4n) is 3.41. The molecular formula is C23H19F2N3O. The van der Waals surface area contributed by atoms with Gasteiger partial charge >= 0.3 is 0 Å². The largest absolute Gasteiger partial charge is 0.345 e. The zero-order valence-electron chi connectivity index (χ0n) is 15.8. The highest BCUT2D eigenvalue weighted by Gasteiger charge is 2.21. The van der Waals surface area contributed by atoms with E-state index in [9.17, 15) is 13.6 Å². The molecule has 0 aliphatic carbocycles. The van der Waals surface area contributed by atoms with Gasteiger partial charge in [-0.05, 0) is 29.8 Å². The van der Waals surface area contributed by atoms with Crippen LogP contribution < -0.4 is 5.32 Å². The van der Waals surface area contributed by atoms with Crippen LogP contribution in [0.3, 0.4) is 0 Å². The number of aromatic nitrogens is 2. The first-order valence-electron chi connectivity index (χ1n) is 9.24. The van der Waals surface area contributed by atoms with Crippen molar-refractivity contribution in [3.8, 4) is 0 Å². The number of imidazole rings is 1. The van der Waals surface area contributed by atoms with E-state index in [0.29, 0.717) is 12.5 Å². The van der Waals surface area contributed by atoms with Gasteiger partial charge in [0.15, 0.2) is 0 Å². The molecule has 0 radical (unpaired) electrons. The van der Waals surface area contributed by atoms with Gasteiger partial charge in [-0.3, -0.25) is 4.79 Å². The summed E-state index contributed by atoms with van der Waals surface area (Å²) in [7, 11) is 1.92. The lowest BCUT2D eigenvalue weighted by Gasteiger charge is -2.19. The Hall–Kier alpha value is -3.54. The maximum Gasteiger partial charge on any atom is 0.254 e. The molecule has 0 aliphatic rings. The molecular weight excluding hydrogens is 372 g/mol. The average molecular weight is 391 g/mol. The quantitative estimate of drug-likeness (QED) is 0.542. The Morgan fingerprint density at radius 1 is 1.03 bits per heavy atom. The maximum absolute atomic E-state index is 14.1. The van der Waals surface area contributed by atoms with Gasteiger partial charge < -0.3 is 9.88 Å². The smallest absolute Gasteiger partial charge is 0.254 e. The SMILES string of the molecule is Cn1c(CC(NC(=O)c2ccc(F)cc2F)c2ccccc2)nc2ccccc21. The average Bonchev–Trinajstić information content (AvgIpc) is 3.04. The van der Waals surface area contributed by atoms with Crippen molar-refractivity contribution in [1.82, 2.24) is 14.9 Å². The van der Waals surface area contributed by atoms with Crippen molar-refractivity contribution in [3.63, 3.8) is 0 Å². The summed E-state index contributed by atoms with van der Waals surface area (Å²) >= 11 is 0. The normalized spacial score (nSPS) is 12.1. The van der Waals surface area contributed by atoms with Crippen LogP contribution in [0.4, 0.5) is 8.78 Å². The van der Waals surface area contributed by atoms with Gasteiger partial charge in [-0.15, -0.1) is 0 Å². The third-order valence-corrected chi connectivity index (χ3v) is 4.95. The van der Waals surface area contributed by atoms with Crippen molar-refractivity contribution >= 4 is 16.9 Å². The molecule has 0 saturated carbocycles. The molecule has 1 N–H and O–H groups in total. The Kier molecular flexibility index (Phi) is 5.08. The Morgan fingerprint density at radius 2 is 1.76 bits per heavy atom. The number of carbonyl (C=O) groups is 1. The number of benzene rings is 3. The molecule has 4 rings (SSSR count). The summed E-state index contributed by atoms with van der Waals surface area (Å²) in [5.41, 5.74) is 2.53. The molecule has 1 aromatic heterocycles. The molecule has 0 aliphatic heterocycles. The standard InChI is InChI=1S/C23H19F2N3O/c1-28-21-10-6-5-9-19(21)26-22(28)14-20(15-7-3-2-4-8-15)27-23(29)17-12-11-16(24)13-18(17)25/h2-13,20H,14H2,1H3,(H,27,29). The third-order valence-electron chi connectivity index (χ3n) is 4.95. The van der Waals surface area contributed by atoms with Gasteiger partial charge in [0.25, 0.3) is 5.91 Å². The van der Waals surface area contributed by atoms with E-state index in [-0.39, 0.29) is 5.56 Å². The molecule has 146 valence electrons. The number of halogens is 2. The first kappa shape index (κ1) is 18.8. The summed E-state index contributed by atoms with van der Waals surface area (Å²) in [6.07, 6.45) is 0.420. The number of hydrogen-bond acceptors (Lipinski definition) is 2. The second-order valence-corrected chi connectivity index (χ2v) is 6.84. The summed E-state index contributed by atoms with van der Waals surface area (Å²) in [5.74, 6) is -1.43. The molecule has 0 bridgehead atoms. The first-order chi connectivity index (χ1) is 14.0. The molecule has 6 heteroatoms. The number of nitrogens with one attached hydrogen (secondary N) is 1. The summed E-state index contributed by atoms with van der Waals surface area (Å²) in [5, 5.41) is 2.88. The summed E-state index contributed by atoms with van der Waals surface area (Å²) < 4.78 is 29.2. The van der Waals surface area contributed by atoms with E-state index < -0.39 is 23.6 Å². The van der Waals surface area contributed by atoms with Crippen LogP contribution in [0.25, 0.3) is 11.0 Å². The van der Waals surface area contributed by atoms with Crippen LogP contribution in [0.5, 0.6) is 0 Å². The minimum Gasteiger partial charge on any atom is -0.345 e. The van der Waals surface area contributed by atoms with E-state index >= 15 is 0 Å². The van der Waals surface area contributed by atoms with Gasteiger partial charge in [-0.1, -0.05) is 42.5 Å². The first-order valence-corrected chi connectivity index (χ1v) is 9.24. The number of fused-ring (bicyclic) bond motifs is 1. The molecule has 0 spiro atoms. The van der Waals surface area contributed by atoms with E-state index in [4.69, 9.17) is 0 Å². The Morgan fingerprint density at radius 3 is 2.48 bits per heavy atom. The minimum absolute atomic E-state index is 0.197. The maximum atomic E-state index is 14.1. The van der Waals surface area contributed by atoms with Crippen molar-refractivity contribution < 1.29 is 13.6 Å². The lowest BCUT2D eigenvalue weighted by molar-refractivity contribution is 0.0932. The van der Waals surface area contributed by atoms with Gasteiger partial charge in [0.1, 0.15) is 17.5 Å². The highest BCUT2D eigenvalue weighted by Crippen LogP contribution is 2.22. The van der Waals surface area contributed by atoms with Gasteiger partial charge in [0, 0.05) is 19.5 Å². The monoisotopic (exact) mass is 391 g/mol. The van der Waals surface area contributed by atoms with Crippen LogP contribution in [0.2, 0.25) is 0 Å². The van der Waals surface area contributed by atoms with Crippen LogP contribution in [-0.2, 0) is 13.5 Å². The van der Waals surface area contributed by atoms with Gasteiger partial charge in [0.05, 0.1) is 22.6 Å². The van der Waals surface area contributed by atoms with Crippen molar-refractivity contribution in [3.05, 3.63) is 101 Å².